The van der Waals surface area contributed by atoms with Gasteiger partial charge in [0.15, 0.2) is 0 Å². The van der Waals surface area contributed by atoms with Gasteiger partial charge in [0.1, 0.15) is 0 Å². The number of anilines is 1. The number of likely N-dealkylation sites (tertiary alicyclic amines) is 1. The van der Waals surface area contributed by atoms with Gasteiger partial charge in [0.05, 0.1) is 0 Å². The molecule has 2 aromatic rings. The fourth-order valence-corrected chi connectivity index (χ4v) is 4.83. The summed E-state index contributed by atoms with van der Waals surface area (Å²) in [5, 5.41) is 3.60. The number of hydrogen-bond acceptors (Lipinski definition) is 2. The molecule has 27 heavy (non-hydrogen) atoms. The van der Waals surface area contributed by atoms with Crippen molar-refractivity contribution in [3.8, 4) is 0 Å². The molecule has 2 fully saturated rings. The Morgan fingerprint density at radius 1 is 1.04 bits per heavy atom. The van der Waals surface area contributed by atoms with Crippen molar-refractivity contribution >= 4 is 23.2 Å². The lowest BCUT2D eigenvalue weighted by atomic mass is 9.97. The number of benzene rings is 2. The van der Waals surface area contributed by atoms with E-state index in [0.29, 0.717) is 16.5 Å². The molecular weight excluding hydrogens is 356 g/mol. The van der Waals surface area contributed by atoms with Gasteiger partial charge in [-0.1, -0.05) is 23.7 Å². The maximum atomic E-state index is 12.3. The van der Waals surface area contributed by atoms with Gasteiger partial charge in [-0.3, -0.25) is 9.69 Å². The second-order valence-electron chi connectivity index (χ2n) is 7.98. The van der Waals surface area contributed by atoms with Crippen LogP contribution in [0.25, 0.3) is 0 Å². The van der Waals surface area contributed by atoms with E-state index in [1.807, 2.05) is 12.1 Å². The average molecular weight is 383 g/mol. The van der Waals surface area contributed by atoms with Crippen LogP contribution in [-0.4, -0.2) is 29.4 Å². The predicted molar refractivity (Wildman–Crippen MR) is 112 cm³/mol. The van der Waals surface area contributed by atoms with E-state index in [1.165, 1.54) is 44.2 Å². The minimum absolute atomic E-state index is 0.108. The van der Waals surface area contributed by atoms with Crippen LogP contribution in [0.15, 0.2) is 48.5 Å². The van der Waals surface area contributed by atoms with Crippen molar-refractivity contribution in [1.29, 1.82) is 0 Å². The molecule has 0 spiro atoms. The van der Waals surface area contributed by atoms with E-state index in [9.17, 15) is 4.79 Å². The summed E-state index contributed by atoms with van der Waals surface area (Å²) in [6.45, 7) is 3.65. The van der Waals surface area contributed by atoms with Crippen LogP contribution in [0.3, 0.4) is 0 Å². The highest BCUT2D eigenvalue weighted by molar-refractivity contribution is 6.30. The molecule has 1 saturated carbocycles. The number of rotatable bonds is 4. The van der Waals surface area contributed by atoms with Crippen LogP contribution in [0, 0.1) is 0 Å². The van der Waals surface area contributed by atoms with Crippen molar-refractivity contribution in [2.24, 2.45) is 0 Å². The maximum Gasteiger partial charge on any atom is 0.255 e. The Balaban J connectivity index is 1.36. The fourth-order valence-electron chi connectivity index (χ4n) is 4.70. The topological polar surface area (TPSA) is 32.3 Å². The van der Waals surface area contributed by atoms with Gasteiger partial charge in [0.25, 0.3) is 5.91 Å². The highest BCUT2D eigenvalue weighted by atomic mass is 35.5. The third-order valence-electron chi connectivity index (χ3n) is 6.22. The van der Waals surface area contributed by atoms with Gasteiger partial charge in [-0.25, -0.2) is 0 Å². The van der Waals surface area contributed by atoms with Crippen LogP contribution in [-0.2, 0) is 0 Å². The first-order chi connectivity index (χ1) is 13.1. The monoisotopic (exact) mass is 382 g/mol. The number of nitrogens with one attached hydrogen (secondary N) is 1. The smallest absolute Gasteiger partial charge is 0.255 e. The summed E-state index contributed by atoms with van der Waals surface area (Å²) >= 11 is 5.88. The molecule has 2 aliphatic rings. The van der Waals surface area contributed by atoms with E-state index in [1.54, 1.807) is 24.3 Å². The van der Waals surface area contributed by atoms with Gasteiger partial charge in [-0.2, -0.15) is 0 Å². The van der Waals surface area contributed by atoms with Gasteiger partial charge in [0.2, 0.25) is 0 Å². The van der Waals surface area contributed by atoms with Crippen LogP contribution >= 0.6 is 11.6 Å². The fraction of sp³-hybridized carbons (Fsp3) is 0.435. The van der Waals surface area contributed by atoms with Crippen molar-refractivity contribution in [2.75, 3.05) is 11.9 Å². The molecule has 3 nitrogen and oxygen atoms in total. The van der Waals surface area contributed by atoms with E-state index in [0.717, 1.165) is 17.8 Å². The molecule has 1 N–H and O–H groups in total. The minimum atomic E-state index is -0.108. The Labute approximate surface area is 166 Å². The van der Waals surface area contributed by atoms with Gasteiger partial charge in [-0.05, 0) is 93.5 Å². The molecule has 1 unspecified atom stereocenters. The molecule has 0 bridgehead atoms. The van der Waals surface area contributed by atoms with Crippen LogP contribution in [0.4, 0.5) is 5.69 Å². The van der Waals surface area contributed by atoms with Crippen molar-refractivity contribution < 1.29 is 4.79 Å². The first-order valence-electron chi connectivity index (χ1n) is 10.0. The summed E-state index contributed by atoms with van der Waals surface area (Å²) in [5.41, 5.74) is 2.84. The van der Waals surface area contributed by atoms with Crippen molar-refractivity contribution in [1.82, 2.24) is 4.90 Å². The molecule has 4 heteroatoms. The number of carbonyl (C=O) groups is 1. The predicted octanol–water partition coefficient (Wildman–Crippen LogP) is 5.71. The lowest BCUT2D eigenvalue weighted by molar-refractivity contribution is 0.102. The summed E-state index contributed by atoms with van der Waals surface area (Å²) in [5.74, 6) is 0.534. The number of carbonyl (C=O) groups excluding carboxylic acids is 1. The quantitative estimate of drug-likeness (QED) is 0.734. The second kappa shape index (κ2) is 8.04. The Morgan fingerprint density at radius 2 is 1.78 bits per heavy atom. The van der Waals surface area contributed by atoms with Crippen molar-refractivity contribution in [3.63, 3.8) is 0 Å². The van der Waals surface area contributed by atoms with E-state index in [-0.39, 0.29) is 5.91 Å². The zero-order valence-electron chi connectivity index (χ0n) is 15.8. The first-order valence-corrected chi connectivity index (χ1v) is 10.4. The Hall–Kier alpha value is -1.84. The molecule has 0 aromatic heterocycles. The Kier molecular flexibility index (Phi) is 5.51. The second-order valence-corrected chi connectivity index (χ2v) is 8.41. The number of nitrogens with zero attached hydrogens (tertiary/aromatic N) is 1. The average Bonchev–Trinajstić information content (AvgIpc) is 3.31. The van der Waals surface area contributed by atoms with Crippen LogP contribution in [0.1, 0.15) is 60.9 Å². The molecule has 3 atom stereocenters. The Bertz CT molecular complexity index is 787. The molecule has 142 valence electrons. The number of hydrogen-bond donors (Lipinski definition) is 1. The molecular formula is C23H27ClN2O. The largest absolute Gasteiger partial charge is 0.322 e. The normalized spacial score (nSPS) is 25.6. The highest BCUT2D eigenvalue weighted by Crippen LogP contribution is 2.39. The molecule has 1 aliphatic heterocycles. The van der Waals surface area contributed by atoms with Crippen molar-refractivity contribution in [3.05, 3.63) is 64.7 Å². The van der Waals surface area contributed by atoms with Crippen LogP contribution in [0.5, 0.6) is 0 Å². The van der Waals surface area contributed by atoms with Gasteiger partial charge >= 0.3 is 0 Å². The lowest BCUT2D eigenvalue weighted by Crippen LogP contribution is -2.35. The summed E-state index contributed by atoms with van der Waals surface area (Å²) in [6, 6.07) is 16.8. The molecule has 1 aliphatic carbocycles. The SMILES string of the molecule is C[C@H]1CCCN1[C@H]1CCC(c2ccc(NC(=O)c3ccc(Cl)cc3)cc2)C1. The molecule has 1 heterocycles. The molecule has 4 rings (SSSR count). The Morgan fingerprint density at radius 3 is 2.44 bits per heavy atom. The molecule has 0 radical (unpaired) electrons. The number of amides is 1. The van der Waals surface area contributed by atoms with Crippen LogP contribution in [0.2, 0.25) is 5.02 Å². The summed E-state index contributed by atoms with van der Waals surface area (Å²) < 4.78 is 0. The third kappa shape index (κ3) is 4.20. The van der Waals surface area contributed by atoms with E-state index >= 15 is 0 Å². The standard InChI is InChI=1S/C23H27ClN2O/c1-16-3-2-14-26(16)22-13-8-19(15-22)17-6-11-21(12-7-17)25-23(27)18-4-9-20(24)10-5-18/h4-7,9-12,16,19,22H,2-3,8,13-15H2,1H3,(H,25,27)/t16-,19?,22-/m0/s1. The molecule has 1 amide bonds. The maximum absolute atomic E-state index is 12.3. The van der Waals surface area contributed by atoms with Gasteiger partial charge in [0, 0.05) is 28.4 Å². The highest BCUT2D eigenvalue weighted by Gasteiger charge is 2.34. The minimum Gasteiger partial charge on any atom is -0.322 e. The third-order valence-corrected chi connectivity index (χ3v) is 6.48. The summed E-state index contributed by atoms with van der Waals surface area (Å²) in [6.07, 6.45) is 6.54. The van der Waals surface area contributed by atoms with Gasteiger partial charge < -0.3 is 5.32 Å². The van der Waals surface area contributed by atoms with E-state index < -0.39 is 0 Å². The zero-order chi connectivity index (χ0) is 18.8. The van der Waals surface area contributed by atoms with Crippen molar-refractivity contribution in [2.45, 2.75) is 57.0 Å². The van der Waals surface area contributed by atoms with Gasteiger partial charge in [-0.15, -0.1) is 0 Å². The van der Waals surface area contributed by atoms with E-state index in [4.69, 9.17) is 11.6 Å². The van der Waals surface area contributed by atoms with Crippen LogP contribution < -0.4 is 5.32 Å². The first kappa shape index (κ1) is 18.5. The van der Waals surface area contributed by atoms with E-state index in [2.05, 4.69) is 29.3 Å². The summed E-state index contributed by atoms with van der Waals surface area (Å²) in [4.78, 5) is 15.1. The summed E-state index contributed by atoms with van der Waals surface area (Å²) in [7, 11) is 0. The lowest BCUT2D eigenvalue weighted by Gasteiger charge is -2.28. The molecule has 2 aromatic carbocycles. The zero-order valence-corrected chi connectivity index (χ0v) is 16.6. The number of halogens is 1. The molecule has 1 saturated heterocycles.